The van der Waals surface area contributed by atoms with E-state index in [-0.39, 0.29) is 5.91 Å². The Labute approximate surface area is 164 Å². The van der Waals surface area contributed by atoms with Crippen molar-refractivity contribution in [3.8, 4) is 0 Å². The molecule has 0 saturated heterocycles. The topological polar surface area (TPSA) is 58.1 Å². The van der Waals surface area contributed by atoms with Gasteiger partial charge in [-0.25, -0.2) is 9.97 Å². The van der Waals surface area contributed by atoms with Crippen molar-refractivity contribution in [1.29, 1.82) is 0 Å². The molecule has 138 valence electrons. The quantitative estimate of drug-likeness (QED) is 0.670. The maximum atomic E-state index is 12.3. The molecule has 0 atom stereocenters. The summed E-state index contributed by atoms with van der Waals surface area (Å²) in [5.74, 6) is 0.401. The minimum Gasteiger partial charge on any atom is -0.348 e. The number of amides is 1. The first-order valence-corrected chi connectivity index (χ1v) is 9.17. The molecule has 3 rings (SSSR count). The van der Waals surface area contributed by atoms with Crippen LogP contribution in [0.15, 0.2) is 67.0 Å². The fourth-order valence-corrected chi connectivity index (χ4v) is 2.74. The summed E-state index contributed by atoms with van der Waals surface area (Å²) in [6.45, 7) is 3.97. The van der Waals surface area contributed by atoms with E-state index in [2.05, 4.69) is 39.2 Å². The molecule has 27 heavy (non-hydrogen) atoms. The number of halogens is 1. The van der Waals surface area contributed by atoms with Gasteiger partial charge in [0.05, 0.1) is 5.56 Å². The maximum absolute atomic E-state index is 12.3. The van der Waals surface area contributed by atoms with E-state index in [1.807, 2.05) is 30.3 Å². The van der Waals surface area contributed by atoms with Crippen molar-refractivity contribution in [3.05, 3.63) is 88.7 Å². The monoisotopic (exact) mass is 380 g/mol. The van der Waals surface area contributed by atoms with Crippen molar-refractivity contribution in [2.45, 2.75) is 20.0 Å². The Morgan fingerprint density at radius 3 is 2.30 bits per heavy atom. The van der Waals surface area contributed by atoms with Crippen LogP contribution in [0.5, 0.6) is 0 Å². The Morgan fingerprint density at radius 1 is 1.00 bits per heavy atom. The number of anilines is 1. The first-order valence-electron chi connectivity index (χ1n) is 8.79. The Balaban J connectivity index is 1.61. The molecular weight excluding hydrogens is 360 g/mol. The van der Waals surface area contributed by atoms with Gasteiger partial charge in [0.2, 0.25) is 5.95 Å². The number of aromatic nitrogens is 2. The SMILES string of the molecule is CCN(Cc1ccccc1)c1ncc(C(=O)NCc2ccc(Cl)cc2)cn1. The summed E-state index contributed by atoms with van der Waals surface area (Å²) < 4.78 is 0. The summed E-state index contributed by atoms with van der Waals surface area (Å²) in [6, 6.07) is 17.5. The van der Waals surface area contributed by atoms with Crippen molar-refractivity contribution >= 4 is 23.5 Å². The van der Waals surface area contributed by atoms with E-state index in [1.54, 1.807) is 24.5 Å². The highest BCUT2D eigenvalue weighted by Gasteiger charge is 2.11. The van der Waals surface area contributed by atoms with Crippen LogP contribution in [0.3, 0.4) is 0 Å². The van der Waals surface area contributed by atoms with Crippen LogP contribution in [-0.2, 0) is 13.1 Å². The van der Waals surface area contributed by atoms with Gasteiger partial charge in [-0.3, -0.25) is 4.79 Å². The number of carbonyl (C=O) groups is 1. The molecule has 1 heterocycles. The average molecular weight is 381 g/mol. The van der Waals surface area contributed by atoms with Crippen molar-refractivity contribution in [2.24, 2.45) is 0 Å². The third-order valence-electron chi connectivity index (χ3n) is 4.15. The molecule has 3 aromatic rings. The lowest BCUT2D eigenvalue weighted by Gasteiger charge is -2.20. The normalized spacial score (nSPS) is 10.4. The van der Waals surface area contributed by atoms with E-state index in [4.69, 9.17) is 11.6 Å². The molecule has 0 radical (unpaired) electrons. The highest BCUT2D eigenvalue weighted by molar-refractivity contribution is 6.30. The lowest BCUT2D eigenvalue weighted by molar-refractivity contribution is 0.0950. The van der Waals surface area contributed by atoms with E-state index in [1.165, 1.54) is 5.56 Å². The second kappa shape index (κ2) is 9.14. The number of nitrogens with zero attached hydrogens (tertiary/aromatic N) is 3. The van der Waals surface area contributed by atoms with Crippen LogP contribution in [0.2, 0.25) is 5.02 Å². The highest BCUT2D eigenvalue weighted by atomic mass is 35.5. The molecular formula is C21H21ClN4O. The summed E-state index contributed by atoms with van der Waals surface area (Å²) in [5.41, 5.74) is 2.60. The molecule has 0 saturated carbocycles. The minimum atomic E-state index is -0.206. The number of rotatable bonds is 7. The van der Waals surface area contributed by atoms with Gasteiger partial charge in [0.1, 0.15) is 0 Å². The molecule has 6 heteroatoms. The van der Waals surface area contributed by atoms with Gasteiger partial charge in [0.15, 0.2) is 0 Å². The standard InChI is InChI=1S/C21H21ClN4O/c1-2-26(15-17-6-4-3-5-7-17)21-24-13-18(14-25-21)20(27)23-12-16-8-10-19(22)11-9-16/h3-11,13-14H,2,12,15H2,1H3,(H,23,27). The molecule has 1 aromatic heterocycles. The molecule has 5 nitrogen and oxygen atoms in total. The Kier molecular flexibility index (Phi) is 6.39. The molecule has 0 aliphatic carbocycles. The van der Waals surface area contributed by atoms with Crippen LogP contribution in [0.1, 0.15) is 28.4 Å². The van der Waals surface area contributed by atoms with Gasteiger partial charge < -0.3 is 10.2 Å². The van der Waals surface area contributed by atoms with Crippen LogP contribution in [0.25, 0.3) is 0 Å². The van der Waals surface area contributed by atoms with Gasteiger partial charge in [-0.1, -0.05) is 54.1 Å². The van der Waals surface area contributed by atoms with Gasteiger partial charge in [-0.15, -0.1) is 0 Å². The van der Waals surface area contributed by atoms with Gasteiger partial charge in [0.25, 0.3) is 5.91 Å². The van der Waals surface area contributed by atoms with E-state index in [9.17, 15) is 4.79 Å². The smallest absolute Gasteiger partial charge is 0.254 e. The molecule has 0 fully saturated rings. The zero-order chi connectivity index (χ0) is 19.1. The third-order valence-corrected chi connectivity index (χ3v) is 4.40. The lowest BCUT2D eigenvalue weighted by atomic mass is 10.2. The molecule has 0 aliphatic rings. The Morgan fingerprint density at radius 2 is 1.67 bits per heavy atom. The molecule has 0 spiro atoms. The van der Waals surface area contributed by atoms with Crippen molar-refractivity contribution in [1.82, 2.24) is 15.3 Å². The van der Waals surface area contributed by atoms with E-state index < -0.39 is 0 Å². The Hall–Kier alpha value is -2.92. The van der Waals surface area contributed by atoms with Crippen LogP contribution < -0.4 is 10.2 Å². The molecule has 0 aliphatic heterocycles. The summed E-state index contributed by atoms with van der Waals surface area (Å²) in [7, 11) is 0. The second-order valence-corrected chi connectivity index (χ2v) is 6.52. The highest BCUT2D eigenvalue weighted by Crippen LogP contribution is 2.12. The summed E-state index contributed by atoms with van der Waals surface area (Å²) >= 11 is 5.87. The molecule has 0 unspecified atom stereocenters. The number of carbonyl (C=O) groups excluding carboxylic acids is 1. The minimum absolute atomic E-state index is 0.206. The van der Waals surface area contributed by atoms with Crippen LogP contribution in [-0.4, -0.2) is 22.4 Å². The summed E-state index contributed by atoms with van der Waals surface area (Å²) in [4.78, 5) is 23.1. The second-order valence-electron chi connectivity index (χ2n) is 6.08. The number of hydrogen-bond acceptors (Lipinski definition) is 4. The molecule has 1 N–H and O–H groups in total. The fraction of sp³-hybridized carbons (Fsp3) is 0.190. The third kappa shape index (κ3) is 5.28. The largest absolute Gasteiger partial charge is 0.348 e. The van der Waals surface area contributed by atoms with Crippen LogP contribution in [0, 0.1) is 0 Å². The average Bonchev–Trinajstić information content (AvgIpc) is 2.72. The molecule has 2 aromatic carbocycles. The van der Waals surface area contributed by atoms with E-state index >= 15 is 0 Å². The van der Waals surface area contributed by atoms with Gasteiger partial charge in [0, 0.05) is 37.1 Å². The lowest BCUT2D eigenvalue weighted by Crippen LogP contribution is -2.26. The van der Waals surface area contributed by atoms with Gasteiger partial charge in [-0.2, -0.15) is 0 Å². The Bertz CT molecular complexity index is 867. The molecule has 1 amide bonds. The van der Waals surface area contributed by atoms with Crippen molar-refractivity contribution in [2.75, 3.05) is 11.4 Å². The fourth-order valence-electron chi connectivity index (χ4n) is 2.62. The van der Waals surface area contributed by atoms with Crippen LogP contribution >= 0.6 is 11.6 Å². The number of nitrogens with one attached hydrogen (secondary N) is 1. The first-order chi connectivity index (χ1) is 13.2. The predicted octanol–water partition coefficient (Wildman–Crippen LogP) is 4.09. The number of hydrogen-bond donors (Lipinski definition) is 1. The van der Waals surface area contributed by atoms with Crippen LogP contribution in [0.4, 0.5) is 5.95 Å². The number of benzene rings is 2. The zero-order valence-electron chi connectivity index (χ0n) is 15.1. The zero-order valence-corrected chi connectivity index (χ0v) is 15.9. The maximum Gasteiger partial charge on any atom is 0.254 e. The molecule has 0 bridgehead atoms. The summed E-state index contributed by atoms with van der Waals surface area (Å²) in [6.07, 6.45) is 3.13. The van der Waals surface area contributed by atoms with Gasteiger partial charge in [-0.05, 0) is 30.2 Å². The van der Waals surface area contributed by atoms with Crippen molar-refractivity contribution < 1.29 is 4.79 Å². The first kappa shape index (κ1) is 18.9. The van der Waals surface area contributed by atoms with E-state index in [0.717, 1.165) is 18.7 Å². The van der Waals surface area contributed by atoms with Crippen molar-refractivity contribution in [3.63, 3.8) is 0 Å². The predicted molar refractivity (Wildman–Crippen MR) is 108 cm³/mol. The van der Waals surface area contributed by atoms with Gasteiger partial charge >= 0.3 is 0 Å². The summed E-state index contributed by atoms with van der Waals surface area (Å²) in [5, 5.41) is 3.53. The van der Waals surface area contributed by atoms with E-state index in [0.29, 0.717) is 23.1 Å².